The van der Waals surface area contributed by atoms with Crippen molar-refractivity contribution in [2.75, 3.05) is 0 Å². The van der Waals surface area contributed by atoms with Crippen molar-refractivity contribution in [2.24, 2.45) is 5.92 Å². The summed E-state index contributed by atoms with van der Waals surface area (Å²) < 4.78 is 7.13. The van der Waals surface area contributed by atoms with Crippen LogP contribution in [0.25, 0.3) is 10.1 Å². The fourth-order valence-electron chi connectivity index (χ4n) is 3.44. The Hall–Kier alpha value is -2.90. The second-order valence-corrected chi connectivity index (χ2v) is 8.88. The average molecular weight is 442 g/mol. The molecule has 1 heterocycles. The number of fused-ring (bicyclic) bond motifs is 1. The average Bonchev–Trinajstić information content (AvgIpc) is 3.14. The third-order valence-corrected chi connectivity index (χ3v) is 6.04. The molecule has 3 rings (SSSR count). The van der Waals surface area contributed by atoms with E-state index in [9.17, 15) is 19.8 Å². The van der Waals surface area contributed by atoms with Crippen molar-refractivity contribution in [3.8, 4) is 5.75 Å². The smallest absolute Gasteiger partial charge is 0.321 e. The molecule has 0 bridgehead atoms. The lowest BCUT2D eigenvalue weighted by atomic mass is 10.0. The Kier molecular flexibility index (Phi) is 7.65. The molecule has 1 unspecified atom stereocenters. The second-order valence-electron chi connectivity index (χ2n) is 7.97. The lowest BCUT2D eigenvalue weighted by Gasteiger charge is -2.21. The Labute approximate surface area is 185 Å². The van der Waals surface area contributed by atoms with E-state index in [0.717, 1.165) is 11.1 Å². The van der Waals surface area contributed by atoms with E-state index in [-0.39, 0.29) is 12.3 Å². The number of benzene rings is 2. The molecule has 0 spiro atoms. The van der Waals surface area contributed by atoms with Crippen LogP contribution in [0.1, 0.15) is 31.4 Å². The lowest BCUT2D eigenvalue weighted by Crippen LogP contribution is -2.48. The maximum Gasteiger partial charge on any atom is 0.321 e. The predicted molar refractivity (Wildman–Crippen MR) is 122 cm³/mol. The highest BCUT2D eigenvalue weighted by atomic mass is 32.1. The molecule has 3 N–H and O–H groups in total. The van der Waals surface area contributed by atoms with E-state index in [2.05, 4.69) is 22.8 Å². The molecular formula is C24H27NO5S. The molecule has 7 heteroatoms. The minimum atomic E-state index is -1.07. The largest absolute Gasteiger partial charge is 0.489 e. The molecule has 0 saturated carbocycles. The van der Waals surface area contributed by atoms with Crippen LogP contribution in [0.4, 0.5) is 0 Å². The van der Waals surface area contributed by atoms with Crippen LogP contribution in [0.5, 0.6) is 5.75 Å². The molecule has 2 atom stereocenters. The van der Waals surface area contributed by atoms with Gasteiger partial charge in [0.15, 0.2) is 0 Å². The van der Waals surface area contributed by atoms with Gasteiger partial charge in [0.1, 0.15) is 24.4 Å². The quantitative estimate of drug-likeness (QED) is 0.404. The van der Waals surface area contributed by atoms with Crippen LogP contribution in [0.3, 0.4) is 0 Å². The number of nitrogens with one attached hydrogen (secondary N) is 1. The summed E-state index contributed by atoms with van der Waals surface area (Å²) in [6.45, 7) is 4.27. The van der Waals surface area contributed by atoms with Crippen molar-refractivity contribution in [3.63, 3.8) is 0 Å². The van der Waals surface area contributed by atoms with Gasteiger partial charge >= 0.3 is 11.9 Å². The Morgan fingerprint density at radius 1 is 1.00 bits per heavy atom. The SMILES string of the molecule is CC(C)C[C@H](NC(Cc1ccc(OCc2csc3ccccc23)cc1)C(=O)O)C(=O)O. The number of carbonyl (C=O) groups is 2. The standard InChI is InChI=1S/C24H27NO5S/c1-15(2)11-20(23(26)27)25-21(24(28)29)12-16-7-9-18(10-8-16)30-13-17-14-31-22-6-4-3-5-19(17)22/h3-10,14-15,20-21,25H,11-13H2,1-2H3,(H,26,27)(H,28,29)/t20-,21?/m0/s1. The number of carboxylic acid groups (broad SMARTS) is 2. The first-order chi connectivity index (χ1) is 14.8. The second kappa shape index (κ2) is 10.4. The summed E-state index contributed by atoms with van der Waals surface area (Å²) in [5.74, 6) is -1.27. The lowest BCUT2D eigenvalue weighted by molar-refractivity contribution is -0.142. The monoisotopic (exact) mass is 441 g/mol. The highest BCUT2D eigenvalue weighted by Gasteiger charge is 2.26. The highest BCUT2D eigenvalue weighted by Crippen LogP contribution is 2.27. The van der Waals surface area contributed by atoms with Gasteiger partial charge < -0.3 is 14.9 Å². The molecule has 0 saturated heterocycles. The fraction of sp³-hybridized carbons (Fsp3) is 0.333. The van der Waals surface area contributed by atoms with Gasteiger partial charge in [-0.05, 0) is 53.3 Å². The minimum absolute atomic E-state index is 0.139. The topological polar surface area (TPSA) is 95.9 Å². The molecule has 0 amide bonds. The van der Waals surface area contributed by atoms with Gasteiger partial charge in [-0.15, -0.1) is 11.3 Å². The fourth-order valence-corrected chi connectivity index (χ4v) is 4.38. The zero-order chi connectivity index (χ0) is 22.4. The van der Waals surface area contributed by atoms with Crippen molar-refractivity contribution in [3.05, 3.63) is 65.0 Å². The van der Waals surface area contributed by atoms with E-state index in [1.54, 1.807) is 11.3 Å². The molecule has 164 valence electrons. The first-order valence-electron chi connectivity index (χ1n) is 10.2. The Bertz CT molecular complexity index is 1030. The zero-order valence-corrected chi connectivity index (χ0v) is 18.4. The number of rotatable bonds is 11. The molecule has 6 nitrogen and oxygen atoms in total. The van der Waals surface area contributed by atoms with Gasteiger partial charge in [-0.1, -0.05) is 44.2 Å². The first-order valence-corrected chi connectivity index (χ1v) is 11.1. The summed E-state index contributed by atoms with van der Waals surface area (Å²) >= 11 is 1.69. The van der Waals surface area contributed by atoms with Gasteiger partial charge in [-0.25, -0.2) is 0 Å². The summed E-state index contributed by atoms with van der Waals surface area (Å²) in [4.78, 5) is 23.1. The Morgan fingerprint density at radius 2 is 1.68 bits per heavy atom. The van der Waals surface area contributed by atoms with Crippen LogP contribution in [-0.2, 0) is 22.6 Å². The maximum atomic E-state index is 11.7. The van der Waals surface area contributed by atoms with E-state index >= 15 is 0 Å². The van der Waals surface area contributed by atoms with Crippen LogP contribution >= 0.6 is 11.3 Å². The molecule has 0 aliphatic carbocycles. The van der Waals surface area contributed by atoms with Crippen molar-refractivity contribution in [1.29, 1.82) is 0 Å². The normalized spacial score (nSPS) is 13.3. The third-order valence-electron chi connectivity index (χ3n) is 5.02. The number of hydrogen-bond acceptors (Lipinski definition) is 5. The van der Waals surface area contributed by atoms with Gasteiger partial charge in [-0.3, -0.25) is 14.9 Å². The summed E-state index contributed by atoms with van der Waals surface area (Å²) in [6, 6.07) is 13.6. The molecule has 2 aromatic carbocycles. The van der Waals surface area contributed by atoms with Crippen LogP contribution in [0.2, 0.25) is 0 Å². The van der Waals surface area contributed by atoms with Gasteiger partial charge in [0.25, 0.3) is 0 Å². The molecule has 0 radical (unpaired) electrons. The first kappa shape index (κ1) is 22.8. The van der Waals surface area contributed by atoms with Gasteiger partial charge in [0.2, 0.25) is 0 Å². The van der Waals surface area contributed by atoms with Crippen molar-refractivity contribution in [1.82, 2.24) is 5.32 Å². The van der Waals surface area contributed by atoms with E-state index in [4.69, 9.17) is 4.74 Å². The zero-order valence-electron chi connectivity index (χ0n) is 17.6. The van der Waals surface area contributed by atoms with Crippen molar-refractivity contribution in [2.45, 2.75) is 45.4 Å². The van der Waals surface area contributed by atoms with Gasteiger partial charge in [0, 0.05) is 10.3 Å². The number of aliphatic carboxylic acids is 2. The van der Waals surface area contributed by atoms with Crippen LogP contribution in [-0.4, -0.2) is 34.2 Å². The molecule has 1 aromatic heterocycles. The highest BCUT2D eigenvalue weighted by molar-refractivity contribution is 7.17. The van der Waals surface area contributed by atoms with E-state index in [0.29, 0.717) is 18.8 Å². The number of ether oxygens (including phenoxy) is 1. The van der Waals surface area contributed by atoms with Crippen molar-refractivity contribution >= 4 is 33.4 Å². The van der Waals surface area contributed by atoms with E-state index in [1.165, 1.54) is 10.1 Å². The molecule has 3 aromatic rings. The van der Waals surface area contributed by atoms with E-state index in [1.807, 2.05) is 50.2 Å². The summed E-state index contributed by atoms with van der Waals surface area (Å²) in [5.41, 5.74) is 1.92. The summed E-state index contributed by atoms with van der Waals surface area (Å²) in [6.07, 6.45) is 0.551. The molecular weight excluding hydrogens is 414 g/mol. The van der Waals surface area contributed by atoms with Crippen LogP contribution in [0, 0.1) is 5.92 Å². The summed E-state index contributed by atoms with van der Waals surface area (Å²) in [7, 11) is 0. The van der Waals surface area contributed by atoms with Gasteiger partial charge in [0.05, 0.1) is 0 Å². The van der Waals surface area contributed by atoms with Crippen LogP contribution in [0.15, 0.2) is 53.9 Å². The molecule has 31 heavy (non-hydrogen) atoms. The number of hydrogen-bond donors (Lipinski definition) is 3. The van der Waals surface area contributed by atoms with Crippen molar-refractivity contribution < 1.29 is 24.5 Å². The molecule has 0 fully saturated rings. The van der Waals surface area contributed by atoms with Gasteiger partial charge in [-0.2, -0.15) is 0 Å². The van der Waals surface area contributed by atoms with E-state index < -0.39 is 24.0 Å². The Morgan fingerprint density at radius 3 is 2.32 bits per heavy atom. The molecule has 0 aliphatic heterocycles. The number of carboxylic acids is 2. The molecule has 0 aliphatic rings. The third kappa shape index (κ3) is 6.29. The van der Waals surface area contributed by atoms with Crippen LogP contribution < -0.4 is 10.1 Å². The number of thiophene rings is 1. The maximum absolute atomic E-state index is 11.7. The summed E-state index contributed by atoms with van der Waals surface area (Å²) in [5, 5.41) is 25.0. The minimum Gasteiger partial charge on any atom is -0.489 e. The predicted octanol–water partition coefficient (Wildman–Crippen LogP) is 4.56. The Balaban J connectivity index is 1.61.